The summed E-state index contributed by atoms with van der Waals surface area (Å²) in [6, 6.07) is 5.59. The number of amides is 1. The Hall–Kier alpha value is -1.95. The Morgan fingerprint density at radius 1 is 1.09 bits per heavy atom. The van der Waals surface area contributed by atoms with Crippen LogP contribution in [-0.2, 0) is 4.79 Å². The lowest BCUT2D eigenvalue weighted by Crippen LogP contribution is -2.44. The highest BCUT2D eigenvalue weighted by Gasteiger charge is 2.27. The third-order valence-corrected chi connectivity index (χ3v) is 3.42. The van der Waals surface area contributed by atoms with E-state index in [1.807, 2.05) is 51.0 Å². The van der Waals surface area contributed by atoms with E-state index in [9.17, 15) is 4.79 Å². The Kier molecular flexibility index (Phi) is 7.16. The van der Waals surface area contributed by atoms with Crippen molar-refractivity contribution in [1.82, 2.24) is 10.2 Å². The van der Waals surface area contributed by atoms with Crippen molar-refractivity contribution < 1.29 is 14.3 Å². The first-order valence-corrected chi connectivity index (χ1v) is 7.68. The highest BCUT2D eigenvalue weighted by Crippen LogP contribution is 2.25. The second kappa shape index (κ2) is 8.62. The summed E-state index contributed by atoms with van der Waals surface area (Å²) in [4.78, 5) is 14.2. The van der Waals surface area contributed by atoms with Crippen LogP contribution >= 0.6 is 0 Å². The fourth-order valence-electron chi connectivity index (χ4n) is 2.39. The van der Waals surface area contributed by atoms with Gasteiger partial charge >= 0.3 is 0 Å². The second-order valence-corrected chi connectivity index (χ2v) is 6.41. The van der Waals surface area contributed by atoms with Crippen LogP contribution in [0.25, 0.3) is 0 Å². The lowest BCUT2D eigenvalue weighted by molar-refractivity contribution is -0.129. The molecule has 1 rings (SSSR count). The largest absolute Gasteiger partial charge is 0.497 e. The predicted molar refractivity (Wildman–Crippen MR) is 93.4 cm³/mol. The number of benzene rings is 1. The molecule has 0 atom stereocenters. The minimum atomic E-state index is -0.414. The smallest absolute Gasteiger partial charge is 0.227 e. The number of nitrogens with one attached hydrogen (secondary N) is 2. The average molecular weight is 323 g/mol. The van der Waals surface area contributed by atoms with Crippen LogP contribution in [0.5, 0.6) is 11.5 Å². The zero-order valence-corrected chi connectivity index (χ0v) is 15.0. The predicted octanol–water partition coefficient (Wildman–Crippen LogP) is 1.82. The van der Waals surface area contributed by atoms with Gasteiger partial charge in [-0.1, -0.05) is 0 Å². The molecule has 23 heavy (non-hydrogen) atoms. The number of ether oxygens (including phenoxy) is 2. The van der Waals surface area contributed by atoms with Gasteiger partial charge in [0, 0.05) is 43.5 Å². The summed E-state index contributed by atoms with van der Waals surface area (Å²) in [7, 11) is 7.16. The van der Waals surface area contributed by atoms with Gasteiger partial charge in [-0.2, -0.15) is 0 Å². The van der Waals surface area contributed by atoms with E-state index >= 15 is 0 Å². The summed E-state index contributed by atoms with van der Waals surface area (Å²) in [6.45, 7) is 5.78. The number of carbonyl (C=O) groups excluding carboxylic acids is 1. The molecule has 1 aromatic rings. The molecule has 0 bridgehead atoms. The Morgan fingerprint density at radius 3 is 2.13 bits per heavy atom. The summed E-state index contributed by atoms with van der Waals surface area (Å²) >= 11 is 0. The molecule has 2 N–H and O–H groups in total. The molecule has 0 saturated heterocycles. The van der Waals surface area contributed by atoms with Crippen molar-refractivity contribution in [3.63, 3.8) is 0 Å². The van der Waals surface area contributed by atoms with Crippen LogP contribution in [0.4, 0.5) is 5.69 Å². The minimum absolute atomic E-state index is 0.0521. The van der Waals surface area contributed by atoms with Crippen molar-refractivity contribution >= 4 is 11.6 Å². The topological polar surface area (TPSA) is 62.8 Å². The Balaban J connectivity index is 2.47. The maximum Gasteiger partial charge on any atom is 0.227 e. The number of hydrogen-bond donors (Lipinski definition) is 2. The first kappa shape index (κ1) is 19.1. The molecule has 0 saturated carbocycles. The average Bonchev–Trinajstić information content (AvgIpc) is 2.49. The van der Waals surface area contributed by atoms with E-state index in [1.54, 1.807) is 14.2 Å². The van der Waals surface area contributed by atoms with Gasteiger partial charge < -0.3 is 25.0 Å². The van der Waals surface area contributed by atoms with Crippen LogP contribution in [0.1, 0.15) is 13.8 Å². The number of methoxy groups -OCH3 is 2. The van der Waals surface area contributed by atoms with E-state index in [-0.39, 0.29) is 5.91 Å². The molecule has 0 heterocycles. The molecular formula is C17H29N3O3. The van der Waals surface area contributed by atoms with Crippen LogP contribution in [0.15, 0.2) is 18.2 Å². The Morgan fingerprint density at radius 2 is 1.65 bits per heavy atom. The zero-order chi connectivity index (χ0) is 17.5. The molecule has 6 nitrogen and oxygen atoms in total. The highest BCUT2D eigenvalue weighted by molar-refractivity contribution is 5.82. The van der Waals surface area contributed by atoms with Gasteiger partial charge in [0.25, 0.3) is 0 Å². The molecule has 0 fully saturated rings. The van der Waals surface area contributed by atoms with Crippen molar-refractivity contribution in [2.24, 2.45) is 5.41 Å². The quantitative estimate of drug-likeness (QED) is 0.679. The molecule has 1 aromatic carbocycles. The third kappa shape index (κ3) is 6.36. The monoisotopic (exact) mass is 323 g/mol. The SMILES string of the molecule is COc1cc(NCCNC(=O)C(C)(C)CN(C)C)cc(OC)c1. The van der Waals surface area contributed by atoms with Gasteiger partial charge in [-0.25, -0.2) is 0 Å². The molecule has 130 valence electrons. The van der Waals surface area contributed by atoms with Crippen LogP contribution < -0.4 is 20.1 Å². The zero-order valence-electron chi connectivity index (χ0n) is 15.0. The van der Waals surface area contributed by atoms with E-state index in [1.165, 1.54) is 0 Å². The Bertz CT molecular complexity index is 494. The van der Waals surface area contributed by atoms with Gasteiger partial charge in [-0.15, -0.1) is 0 Å². The first-order valence-electron chi connectivity index (χ1n) is 7.68. The van der Waals surface area contributed by atoms with Gasteiger partial charge in [0.15, 0.2) is 0 Å². The number of hydrogen-bond acceptors (Lipinski definition) is 5. The van der Waals surface area contributed by atoms with Crippen molar-refractivity contribution in [3.05, 3.63) is 18.2 Å². The lowest BCUT2D eigenvalue weighted by Gasteiger charge is -2.27. The van der Waals surface area contributed by atoms with E-state index < -0.39 is 5.41 Å². The van der Waals surface area contributed by atoms with Gasteiger partial charge in [-0.3, -0.25) is 4.79 Å². The molecule has 0 aliphatic rings. The molecule has 1 amide bonds. The van der Waals surface area contributed by atoms with E-state index in [0.29, 0.717) is 19.6 Å². The van der Waals surface area contributed by atoms with Crippen LogP contribution in [0.3, 0.4) is 0 Å². The number of nitrogens with zero attached hydrogens (tertiary/aromatic N) is 1. The van der Waals surface area contributed by atoms with E-state index in [2.05, 4.69) is 10.6 Å². The third-order valence-electron chi connectivity index (χ3n) is 3.42. The molecule has 0 aromatic heterocycles. The molecule has 0 radical (unpaired) electrons. The number of carbonyl (C=O) groups is 1. The van der Waals surface area contributed by atoms with Crippen molar-refractivity contribution in [2.75, 3.05) is 53.3 Å². The fraction of sp³-hybridized carbons (Fsp3) is 0.588. The van der Waals surface area contributed by atoms with E-state index in [0.717, 1.165) is 17.2 Å². The van der Waals surface area contributed by atoms with Crippen LogP contribution in [-0.4, -0.2) is 58.8 Å². The van der Waals surface area contributed by atoms with Crippen molar-refractivity contribution in [2.45, 2.75) is 13.8 Å². The summed E-state index contributed by atoms with van der Waals surface area (Å²) in [5, 5.41) is 6.22. The summed E-state index contributed by atoms with van der Waals surface area (Å²) in [5.74, 6) is 1.50. The molecule has 0 spiro atoms. The van der Waals surface area contributed by atoms with Gasteiger partial charge in [0.1, 0.15) is 11.5 Å². The van der Waals surface area contributed by atoms with Gasteiger partial charge in [0.2, 0.25) is 5.91 Å². The lowest BCUT2D eigenvalue weighted by atomic mass is 9.92. The number of anilines is 1. The first-order chi connectivity index (χ1) is 10.8. The normalized spacial score (nSPS) is 11.3. The maximum absolute atomic E-state index is 12.2. The molecule has 6 heteroatoms. The summed E-state index contributed by atoms with van der Waals surface area (Å²) < 4.78 is 10.5. The Labute approximate surface area is 139 Å². The van der Waals surface area contributed by atoms with E-state index in [4.69, 9.17) is 9.47 Å². The van der Waals surface area contributed by atoms with Crippen molar-refractivity contribution in [3.8, 4) is 11.5 Å². The van der Waals surface area contributed by atoms with Crippen LogP contribution in [0.2, 0.25) is 0 Å². The minimum Gasteiger partial charge on any atom is -0.497 e. The van der Waals surface area contributed by atoms with Gasteiger partial charge in [0.05, 0.1) is 19.6 Å². The molecular weight excluding hydrogens is 294 g/mol. The summed E-state index contributed by atoms with van der Waals surface area (Å²) in [6.07, 6.45) is 0. The molecule has 0 aliphatic carbocycles. The number of rotatable bonds is 9. The second-order valence-electron chi connectivity index (χ2n) is 6.41. The maximum atomic E-state index is 12.2. The van der Waals surface area contributed by atoms with Gasteiger partial charge in [-0.05, 0) is 27.9 Å². The van der Waals surface area contributed by atoms with Crippen LogP contribution in [0, 0.1) is 5.41 Å². The highest BCUT2D eigenvalue weighted by atomic mass is 16.5. The molecule has 0 unspecified atom stereocenters. The fourth-order valence-corrected chi connectivity index (χ4v) is 2.39. The van der Waals surface area contributed by atoms with Crippen molar-refractivity contribution in [1.29, 1.82) is 0 Å². The standard InChI is InChI=1S/C17H29N3O3/c1-17(2,12-20(3)4)16(21)19-8-7-18-13-9-14(22-5)11-15(10-13)23-6/h9-11,18H,7-8,12H2,1-6H3,(H,19,21). The summed E-state index contributed by atoms with van der Waals surface area (Å²) in [5.41, 5.74) is 0.478. The molecule has 0 aliphatic heterocycles.